The summed E-state index contributed by atoms with van der Waals surface area (Å²) in [6.07, 6.45) is 14.3. The number of carbonyl (C=O) groups is 2. The lowest BCUT2D eigenvalue weighted by molar-refractivity contribution is -0.117. The average Bonchev–Trinajstić information content (AvgIpc) is 3.86. The second-order valence-corrected chi connectivity index (χ2v) is 21.5. The Balaban J connectivity index is 0.000000296. The molecule has 0 spiro atoms. The number of aryl methyl sites for hydroxylation is 2. The molecule has 0 radical (unpaired) electrons. The van der Waals surface area contributed by atoms with Crippen LogP contribution >= 0.6 is 11.6 Å². The van der Waals surface area contributed by atoms with E-state index in [4.69, 9.17) is 21.3 Å². The van der Waals surface area contributed by atoms with Crippen molar-refractivity contribution in [3.63, 3.8) is 0 Å². The number of nitrogens with one attached hydrogen (secondary N) is 2. The number of pyridine rings is 1. The van der Waals surface area contributed by atoms with E-state index >= 15 is 0 Å². The Labute approximate surface area is 453 Å². The van der Waals surface area contributed by atoms with E-state index in [9.17, 15) is 9.59 Å². The van der Waals surface area contributed by atoms with E-state index in [1.807, 2.05) is 57.3 Å². The number of aromatic nitrogens is 2. The van der Waals surface area contributed by atoms with E-state index in [-0.39, 0.29) is 29.8 Å². The molecule has 11 heteroatoms. The van der Waals surface area contributed by atoms with E-state index in [1.54, 1.807) is 21.0 Å². The summed E-state index contributed by atoms with van der Waals surface area (Å²) in [6, 6.07) is 25.5. The predicted octanol–water partition coefficient (Wildman–Crippen LogP) is 15.5. The highest BCUT2D eigenvalue weighted by Gasteiger charge is 2.40. The van der Waals surface area contributed by atoms with E-state index in [1.165, 1.54) is 97.3 Å². The van der Waals surface area contributed by atoms with Crippen molar-refractivity contribution in [3.05, 3.63) is 106 Å². The summed E-state index contributed by atoms with van der Waals surface area (Å²) in [5.74, 6) is 1.77. The smallest absolute Gasteiger partial charge is 0.190 e. The number of halogens is 1. The maximum absolute atomic E-state index is 11.7. The van der Waals surface area contributed by atoms with E-state index in [0.717, 1.165) is 76.7 Å². The molecule has 74 heavy (non-hydrogen) atoms. The number of anilines is 2. The molecule has 10 nitrogen and oxygen atoms in total. The molecule has 408 valence electrons. The molecule has 1 saturated heterocycles. The number of fused-ring (bicyclic) bond motifs is 2. The maximum atomic E-state index is 11.7. The number of quaternary nitrogens is 1. The molecule has 5 aromatic rings. The zero-order valence-corrected chi connectivity index (χ0v) is 49.3. The molecule has 0 saturated carbocycles. The molecule has 2 aliphatic rings. The number of Topliss-reactive ketones (excluding diaryl/α,β-unsaturated/α-hetero) is 2. The summed E-state index contributed by atoms with van der Waals surface area (Å²) in [4.78, 5) is 33.1. The number of likely N-dealkylation sites (tertiary alicyclic amines) is 1. The minimum atomic E-state index is -0.108. The topological polar surface area (TPSA) is 91.7 Å². The molecule has 0 bridgehead atoms. The zero-order chi connectivity index (χ0) is 54.5. The van der Waals surface area contributed by atoms with Gasteiger partial charge >= 0.3 is 0 Å². The van der Waals surface area contributed by atoms with Crippen LogP contribution in [0.5, 0.6) is 0 Å². The van der Waals surface area contributed by atoms with Crippen molar-refractivity contribution in [2.24, 2.45) is 13.0 Å². The van der Waals surface area contributed by atoms with Crippen LogP contribution in [0.2, 0.25) is 5.02 Å². The number of ketones is 2. The fraction of sp³-hybridized carbons (Fsp3) is 0.571. The second kappa shape index (κ2) is 30.8. The summed E-state index contributed by atoms with van der Waals surface area (Å²) in [5, 5.41) is 8.82. The Bertz CT molecular complexity index is 2450. The number of rotatable bonds is 22. The Morgan fingerprint density at radius 3 is 2.05 bits per heavy atom. The van der Waals surface area contributed by atoms with Gasteiger partial charge in [0.2, 0.25) is 0 Å². The summed E-state index contributed by atoms with van der Waals surface area (Å²) >= 11 is 6.03. The van der Waals surface area contributed by atoms with Gasteiger partial charge in [-0.2, -0.15) is 0 Å². The van der Waals surface area contributed by atoms with Crippen LogP contribution < -0.4 is 15.1 Å². The minimum Gasteiger partial charge on any atom is -0.376 e. The first-order valence-electron chi connectivity index (χ1n) is 28.3. The molecular formula is C63H97ClN7O3+. The van der Waals surface area contributed by atoms with Crippen LogP contribution in [-0.2, 0) is 16.6 Å². The SMILES string of the molecule is CC.CCCC(CCC)CN(CCC)CCC.CCCC(Nc1ccc(C)c(Cl)c1)C(C)=O.COCC1Nc2cc(-c3ccnc4c3cc(C(C)N3CCC(c5ccc(C(C)=O)cc5)CC3)n4C)ccc2[N+]1(C)C. The number of carbonyl (C=O) groups excluding carboxylic acids is 2. The van der Waals surface area contributed by atoms with Crippen LogP contribution in [0.25, 0.3) is 22.2 Å². The van der Waals surface area contributed by atoms with Gasteiger partial charge in [-0.05, 0) is 169 Å². The van der Waals surface area contributed by atoms with Gasteiger partial charge in [-0.25, -0.2) is 4.98 Å². The van der Waals surface area contributed by atoms with Gasteiger partial charge in [-0.1, -0.05) is 110 Å². The van der Waals surface area contributed by atoms with Crippen LogP contribution in [0.3, 0.4) is 0 Å². The number of hydrogen-bond donors (Lipinski definition) is 2. The van der Waals surface area contributed by atoms with Crippen LogP contribution in [0.1, 0.15) is 173 Å². The Hall–Kier alpha value is -4.58. The monoisotopic (exact) mass is 1030 g/mol. The third-order valence-corrected chi connectivity index (χ3v) is 15.6. The molecule has 2 aliphatic heterocycles. The van der Waals surface area contributed by atoms with Crippen molar-refractivity contribution in [3.8, 4) is 11.1 Å². The number of benzene rings is 3. The van der Waals surface area contributed by atoms with Gasteiger partial charge in [0.05, 0.1) is 20.1 Å². The number of piperidine rings is 1. The third-order valence-electron chi connectivity index (χ3n) is 15.2. The first-order chi connectivity index (χ1) is 35.5. The number of hydrogen-bond acceptors (Lipinski definition) is 8. The second-order valence-electron chi connectivity index (χ2n) is 21.1. The number of ether oxygens (including phenoxy) is 1. The summed E-state index contributed by atoms with van der Waals surface area (Å²) in [7, 11) is 8.36. The summed E-state index contributed by atoms with van der Waals surface area (Å²) in [6.45, 7) is 29.5. The molecule has 4 heterocycles. The van der Waals surface area contributed by atoms with Crippen molar-refractivity contribution in [1.29, 1.82) is 0 Å². The van der Waals surface area contributed by atoms with Crippen molar-refractivity contribution in [2.75, 3.05) is 71.2 Å². The van der Waals surface area contributed by atoms with E-state index in [0.29, 0.717) is 12.5 Å². The number of likely N-dealkylation sites (N-methyl/N-ethyl adjacent to an activating group) is 1. The number of nitrogens with zero attached hydrogens (tertiary/aromatic N) is 5. The van der Waals surface area contributed by atoms with Crippen LogP contribution in [0.4, 0.5) is 17.1 Å². The molecule has 3 unspecified atom stereocenters. The minimum absolute atomic E-state index is 0.108. The summed E-state index contributed by atoms with van der Waals surface area (Å²) in [5.41, 5.74) is 11.3. The average molecular weight is 1040 g/mol. The number of methoxy groups -OCH3 is 1. The van der Waals surface area contributed by atoms with Gasteiger partial charge in [0, 0.05) is 66.4 Å². The molecular weight excluding hydrogens is 938 g/mol. The van der Waals surface area contributed by atoms with Crippen molar-refractivity contribution >= 4 is 51.3 Å². The standard InChI is InChI=1S/C34H42N5O2.C14H31N.C13H18ClNO.C2H6/c1-22(38-17-14-26(15-18-38)25-9-7-24(8-10-25)23(2)40)31-20-29-28(13-16-35-34(29)37(31)3)27-11-12-32-30(19-27)36-33(21-41-6)39(32,4)5;1-5-9-14(10-6-2)13-15(11-7-3)12-8-4;1-4-5-13(10(3)16)15-11-7-6-9(2)12(14)8-11;1-2/h7-13,16,19-20,22,26,33,36H,14-15,17-18,21H2,1-6H3;14H,5-13H2,1-4H3;6-8,13,15H,4-5H2,1-3H3;1-2H3/q+1;;;. The Morgan fingerprint density at radius 2 is 1.50 bits per heavy atom. The first-order valence-corrected chi connectivity index (χ1v) is 28.7. The molecule has 3 atom stereocenters. The molecule has 0 amide bonds. The van der Waals surface area contributed by atoms with Gasteiger partial charge in [-0.15, -0.1) is 0 Å². The first kappa shape index (κ1) is 62.0. The highest BCUT2D eigenvalue weighted by atomic mass is 35.5. The van der Waals surface area contributed by atoms with E-state index < -0.39 is 0 Å². The highest BCUT2D eigenvalue weighted by Crippen LogP contribution is 2.43. The fourth-order valence-corrected chi connectivity index (χ4v) is 11.1. The lowest BCUT2D eigenvalue weighted by Gasteiger charge is -2.36. The zero-order valence-electron chi connectivity index (χ0n) is 48.5. The maximum Gasteiger partial charge on any atom is 0.190 e. The van der Waals surface area contributed by atoms with Gasteiger partial charge in [-0.3, -0.25) is 19.0 Å². The van der Waals surface area contributed by atoms with Gasteiger partial charge in [0.1, 0.15) is 17.9 Å². The lowest BCUT2D eigenvalue weighted by atomic mass is 9.88. The quantitative estimate of drug-likeness (QED) is 0.0523. The van der Waals surface area contributed by atoms with Gasteiger partial charge in [0.25, 0.3) is 0 Å². The Morgan fingerprint density at radius 1 is 0.865 bits per heavy atom. The normalized spacial score (nSPS) is 16.0. The van der Waals surface area contributed by atoms with Crippen LogP contribution in [0.15, 0.2) is 79.0 Å². The fourth-order valence-electron chi connectivity index (χ4n) is 10.9. The largest absolute Gasteiger partial charge is 0.376 e. The van der Waals surface area contributed by atoms with Crippen molar-refractivity contribution < 1.29 is 14.3 Å². The molecule has 2 N–H and O–H groups in total. The molecule has 0 aliphatic carbocycles. The van der Waals surface area contributed by atoms with Crippen molar-refractivity contribution in [1.82, 2.24) is 23.8 Å². The molecule has 3 aromatic carbocycles. The third kappa shape index (κ3) is 16.7. The van der Waals surface area contributed by atoms with Crippen LogP contribution in [0, 0.1) is 12.8 Å². The van der Waals surface area contributed by atoms with E-state index in [2.05, 4.69) is 130 Å². The van der Waals surface area contributed by atoms with Gasteiger partial charge in [0.15, 0.2) is 23.4 Å². The predicted molar refractivity (Wildman–Crippen MR) is 318 cm³/mol. The Kier molecular flexibility index (Phi) is 25.8. The molecule has 7 rings (SSSR count). The molecule has 1 fully saturated rings. The van der Waals surface area contributed by atoms with Gasteiger partial charge < -0.3 is 24.8 Å². The highest BCUT2D eigenvalue weighted by molar-refractivity contribution is 6.31. The lowest BCUT2D eigenvalue weighted by Crippen LogP contribution is -2.51. The van der Waals surface area contributed by atoms with Crippen LogP contribution in [-0.4, -0.2) is 104 Å². The van der Waals surface area contributed by atoms with Crippen molar-refractivity contribution in [2.45, 2.75) is 165 Å². The molecule has 2 aromatic heterocycles. The summed E-state index contributed by atoms with van der Waals surface area (Å²) < 4.78 is 8.52.